The molecule has 8 nitrogen and oxygen atoms in total. The number of carbonyl (C=O) groups excluding carboxylic acids is 1. The lowest BCUT2D eigenvalue weighted by Gasteiger charge is -2.14. The van der Waals surface area contributed by atoms with Crippen LogP contribution in [0.25, 0.3) is 11.0 Å². The van der Waals surface area contributed by atoms with E-state index < -0.39 is 0 Å². The van der Waals surface area contributed by atoms with Crippen molar-refractivity contribution in [1.82, 2.24) is 19.9 Å². The first-order chi connectivity index (χ1) is 13.3. The molecule has 0 aliphatic heterocycles. The SMILES string of the molecule is Cc1nc(N)c2nc(C)n(CCNC(=O)Nc3ccc(N(C)C)cc3)c2c1C. The number of nitrogens with zero attached hydrogens (tertiary/aromatic N) is 4. The lowest BCUT2D eigenvalue weighted by atomic mass is 10.2. The summed E-state index contributed by atoms with van der Waals surface area (Å²) in [5.74, 6) is 1.28. The quantitative estimate of drug-likeness (QED) is 0.631. The van der Waals surface area contributed by atoms with Gasteiger partial charge in [-0.15, -0.1) is 0 Å². The Kier molecular flexibility index (Phi) is 5.39. The van der Waals surface area contributed by atoms with Gasteiger partial charge in [0, 0.05) is 44.3 Å². The number of urea groups is 1. The number of hydrogen-bond acceptors (Lipinski definition) is 5. The number of fused-ring (bicyclic) bond motifs is 1. The minimum atomic E-state index is -0.242. The van der Waals surface area contributed by atoms with Gasteiger partial charge in [0.15, 0.2) is 5.82 Å². The summed E-state index contributed by atoms with van der Waals surface area (Å²) in [5.41, 5.74) is 11.5. The molecule has 1 aromatic carbocycles. The number of nitrogens with two attached hydrogens (primary N) is 1. The molecule has 0 bridgehead atoms. The maximum absolute atomic E-state index is 12.2. The average Bonchev–Trinajstić information content (AvgIpc) is 2.97. The fourth-order valence-electron chi connectivity index (χ4n) is 3.19. The molecule has 0 radical (unpaired) electrons. The van der Waals surface area contributed by atoms with Crippen LogP contribution in [-0.2, 0) is 6.54 Å². The van der Waals surface area contributed by atoms with E-state index in [1.54, 1.807) is 0 Å². The smallest absolute Gasteiger partial charge is 0.319 e. The second kappa shape index (κ2) is 7.75. The normalized spacial score (nSPS) is 10.9. The van der Waals surface area contributed by atoms with Gasteiger partial charge in [0.1, 0.15) is 11.3 Å². The zero-order chi connectivity index (χ0) is 20.4. The molecular formula is C20H27N7O. The molecule has 0 aliphatic carbocycles. The van der Waals surface area contributed by atoms with Crippen molar-refractivity contribution in [1.29, 1.82) is 0 Å². The number of hydrogen-bond donors (Lipinski definition) is 3. The maximum Gasteiger partial charge on any atom is 0.319 e. The Labute approximate surface area is 164 Å². The Bertz CT molecular complexity index is 1010. The van der Waals surface area contributed by atoms with E-state index in [4.69, 9.17) is 5.73 Å². The topological polar surface area (TPSA) is 101 Å². The maximum atomic E-state index is 12.2. The number of pyridine rings is 1. The molecule has 0 aliphatic rings. The van der Waals surface area contributed by atoms with Gasteiger partial charge in [-0.05, 0) is 50.6 Å². The van der Waals surface area contributed by atoms with E-state index >= 15 is 0 Å². The van der Waals surface area contributed by atoms with Crippen LogP contribution < -0.4 is 21.3 Å². The van der Waals surface area contributed by atoms with Gasteiger partial charge in [-0.1, -0.05) is 0 Å². The number of anilines is 3. The summed E-state index contributed by atoms with van der Waals surface area (Å²) in [4.78, 5) is 23.1. The van der Waals surface area contributed by atoms with Crippen LogP contribution >= 0.6 is 0 Å². The molecule has 0 atom stereocenters. The zero-order valence-electron chi connectivity index (χ0n) is 17.0. The van der Waals surface area contributed by atoms with Gasteiger partial charge < -0.3 is 25.8 Å². The average molecular weight is 381 g/mol. The minimum absolute atomic E-state index is 0.242. The molecule has 28 heavy (non-hydrogen) atoms. The molecule has 2 aromatic heterocycles. The van der Waals surface area contributed by atoms with Crippen molar-refractivity contribution < 1.29 is 4.79 Å². The summed E-state index contributed by atoms with van der Waals surface area (Å²) in [5, 5.41) is 5.74. The third-order valence-corrected chi connectivity index (χ3v) is 4.85. The third-order valence-electron chi connectivity index (χ3n) is 4.85. The molecular weight excluding hydrogens is 354 g/mol. The van der Waals surface area contributed by atoms with E-state index in [0.29, 0.717) is 24.4 Å². The molecule has 0 unspecified atom stereocenters. The van der Waals surface area contributed by atoms with Gasteiger partial charge in [-0.2, -0.15) is 0 Å². The van der Waals surface area contributed by atoms with E-state index in [9.17, 15) is 4.79 Å². The number of imidazole rings is 1. The Morgan fingerprint density at radius 2 is 1.82 bits per heavy atom. The number of amides is 2. The van der Waals surface area contributed by atoms with E-state index in [1.165, 1.54) is 0 Å². The van der Waals surface area contributed by atoms with Crippen molar-refractivity contribution >= 4 is 34.3 Å². The van der Waals surface area contributed by atoms with Crippen LogP contribution in [0, 0.1) is 20.8 Å². The van der Waals surface area contributed by atoms with Crippen molar-refractivity contribution in [3.8, 4) is 0 Å². The minimum Gasteiger partial charge on any atom is -0.382 e. The van der Waals surface area contributed by atoms with Crippen molar-refractivity contribution in [2.24, 2.45) is 0 Å². The Morgan fingerprint density at radius 3 is 2.46 bits per heavy atom. The highest BCUT2D eigenvalue weighted by Gasteiger charge is 2.15. The van der Waals surface area contributed by atoms with Gasteiger partial charge in [0.2, 0.25) is 0 Å². The van der Waals surface area contributed by atoms with Crippen LogP contribution in [0.15, 0.2) is 24.3 Å². The Morgan fingerprint density at radius 1 is 1.14 bits per heavy atom. The number of nitrogen functional groups attached to an aromatic ring is 1. The van der Waals surface area contributed by atoms with E-state index in [0.717, 1.165) is 34.0 Å². The summed E-state index contributed by atoms with van der Waals surface area (Å²) in [6, 6.07) is 7.43. The van der Waals surface area contributed by atoms with Gasteiger partial charge >= 0.3 is 6.03 Å². The second-order valence-corrected chi connectivity index (χ2v) is 7.04. The molecule has 148 valence electrons. The summed E-state index contributed by atoms with van der Waals surface area (Å²) in [6.45, 7) is 6.94. The van der Waals surface area contributed by atoms with Crippen molar-refractivity contribution in [2.75, 3.05) is 36.6 Å². The van der Waals surface area contributed by atoms with Crippen LogP contribution in [-0.4, -0.2) is 41.2 Å². The molecule has 8 heteroatoms. The first-order valence-electron chi connectivity index (χ1n) is 9.19. The molecule has 3 aromatic rings. The number of aryl methyl sites for hydroxylation is 3. The second-order valence-electron chi connectivity index (χ2n) is 7.04. The van der Waals surface area contributed by atoms with Gasteiger partial charge in [-0.3, -0.25) is 0 Å². The predicted molar refractivity (Wildman–Crippen MR) is 114 cm³/mol. The van der Waals surface area contributed by atoms with E-state index in [2.05, 4.69) is 25.2 Å². The predicted octanol–water partition coefficient (Wildman–Crippen LogP) is 2.83. The van der Waals surface area contributed by atoms with Gasteiger partial charge in [-0.25, -0.2) is 14.8 Å². The number of rotatable bonds is 5. The standard InChI is InChI=1S/C20H27N7O/c1-12-13(2)23-19(21)17-18(12)27(14(3)24-17)11-10-22-20(28)25-15-6-8-16(9-7-15)26(4)5/h6-9H,10-11H2,1-5H3,(H2,21,23)(H2,22,25,28). The van der Waals surface area contributed by atoms with Gasteiger partial charge in [0.05, 0.1) is 5.52 Å². The monoisotopic (exact) mass is 381 g/mol. The van der Waals surface area contributed by atoms with Crippen LogP contribution in [0.3, 0.4) is 0 Å². The Hall–Kier alpha value is -3.29. The van der Waals surface area contributed by atoms with Crippen molar-refractivity contribution in [2.45, 2.75) is 27.3 Å². The number of aromatic nitrogens is 3. The summed E-state index contributed by atoms with van der Waals surface area (Å²) >= 11 is 0. The molecule has 2 heterocycles. The van der Waals surface area contributed by atoms with E-state index in [1.807, 2.05) is 64.0 Å². The number of nitrogens with one attached hydrogen (secondary N) is 2. The lowest BCUT2D eigenvalue weighted by Crippen LogP contribution is -2.31. The number of benzene rings is 1. The fraction of sp³-hybridized carbons (Fsp3) is 0.350. The van der Waals surface area contributed by atoms with Crippen molar-refractivity contribution in [3.05, 3.63) is 41.3 Å². The summed E-state index contributed by atoms with van der Waals surface area (Å²) in [7, 11) is 3.95. The molecule has 0 saturated heterocycles. The third kappa shape index (κ3) is 3.85. The van der Waals surface area contributed by atoms with E-state index in [-0.39, 0.29) is 6.03 Å². The van der Waals surface area contributed by atoms with Crippen molar-refractivity contribution in [3.63, 3.8) is 0 Å². The Balaban J connectivity index is 1.65. The molecule has 3 rings (SSSR count). The first kappa shape index (κ1) is 19.5. The van der Waals surface area contributed by atoms with Crippen LogP contribution in [0.2, 0.25) is 0 Å². The van der Waals surface area contributed by atoms with Crippen LogP contribution in [0.5, 0.6) is 0 Å². The first-order valence-corrected chi connectivity index (χ1v) is 9.19. The summed E-state index contributed by atoms with van der Waals surface area (Å²) in [6.07, 6.45) is 0. The lowest BCUT2D eigenvalue weighted by molar-refractivity contribution is 0.251. The molecule has 0 spiro atoms. The largest absolute Gasteiger partial charge is 0.382 e. The molecule has 0 saturated carbocycles. The molecule has 4 N–H and O–H groups in total. The summed E-state index contributed by atoms with van der Waals surface area (Å²) < 4.78 is 2.07. The van der Waals surface area contributed by atoms with Crippen LogP contribution in [0.4, 0.5) is 22.0 Å². The molecule has 2 amide bonds. The highest BCUT2D eigenvalue weighted by atomic mass is 16.2. The molecule has 0 fully saturated rings. The highest BCUT2D eigenvalue weighted by molar-refractivity contribution is 5.90. The zero-order valence-corrected chi connectivity index (χ0v) is 17.0. The number of carbonyl (C=O) groups is 1. The van der Waals surface area contributed by atoms with Gasteiger partial charge in [0.25, 0.3) is 0 Å². The highest BCUT2D eigenvalue weighted by Crippen LogP contribution is 2.25. The fourth-order valence-corrected chi connectivity index (χ4v) is 3.19. The van der Waals surface area contributed by atoms with Crippen LogP contribution in [0.1, 0.15) is 17.1 Å².